The Balaban J connectivity index is 2.60. The Kier molecular flexibility index (Phi) is 6.84. The normalized spacial score (nSPS) is 13.5. The number of halogens is 1. The molecule has 0 aromatic heterocycles. The smallest absolute Gasteiger partial charge is 0.0406 e. The molecule has 0 saturated heterocycles. The van der Waals surface area contributed by atoms with Gasteiger partial charge >= 0.3 is 0 Å². The Hall–Kier alpha value is -0.570. The molecule has 19 heavy (non-hydrogen) atoms. The summed E-state index contributed by atoms with van der Waals surface area (Å²) in [6, 6.07) is 9.20. The number of nitrogens with zero attached hydrogens (tertiary/aromatic N) is 1. The number of nitrogens with one attached hydrogen (secondary N) is 1. The largest absolute Gasteiger partial charge is 0.313 e. The highest BCUT2D eigenvalue weighted by Gasteiger charge is 2.18. The van der Waals surface area contributed by atoms with Crippen LogP contribution < -0.4 is 5.32 Å². The molecule has 1 aromatic rings. The van der Waals surface area contributed by atoms with E-state index < -0.39 is 0 Å². The molecule has 1 unspecified atom stereocenters. The van der Waals surface area contributed by atoms with Crippen molar-refractivity contribution in [3.63, 3.8) is 0 Å². The molecule has 0 aliphatic carbocycles. The van der Waals surface area contributed by atoms with Crippen LogP contribution in [-0.4, -0.2) is 30.6 Å². The Morgan fingerprint density at radius 3 is 2.16 bits per heavy atom. The first-order chi connectivity index (χ1) is 8.90. The van der Waals surface area contributed by atoms with Crippen LogP contribution in [0, 0.1) is 5.92 Å². The molecule has 0 heterocycles. The van der Waals surface area contributed by atoms with Crippen LogP contribution in [-0.2, 0) is 6.54 Å². The van der Waals surface area contributed by atoms with E-state index in [-0.39, 0.29) is 0 Å². The molecule has 2 nitrogen and oxygen atoms in total. The summed E-state index contributed by atoms with van der Waals surface area (Å²) >= 11 is 5.92. The molecule has 1 N–H and O–H groups in total. The minimum atomic E-state index is 0.533. The maximum atomic E-state index is 5.92. The third-order valence-corrected chi connectivity index (χ3v) is 3.67. The van der Waals surface area contributed by atoms with E-state index in [2.05, 4.69) is 57.1 Å². The standard InChI is InChI=1S/C16H27ClN2/c1-12(2)16(10-18-13(3)4)19(5)11-14-6-8-15(17)9-7-14/h6-9,12-13,16,18H,10-11H2,1-5H3. The van der Waals surface area contributed by atoms with Gasteiger partial charge in [-0.3, -0.25) is 4.90 Å². The molecule has 0 saturated carbocycles. The lowest BCUT2D eigenvalue weighted by atomic mass is 10.0. The van der Waals surface area contributed by atoms with E-state index >= 15 is 0 Å². The van der Waals surface area contributed by atoms with Crippen molar-refractivity contribution in [2.75, 3.05) is 13.6 Å². The van der Waals surface area contributed by atoms with E-state index in [0.717, 1.165) is 18.1 Å². The third-order valence-electron chi connectivity index (χ3n) is 3.42. The van der Waals surface area contributed by atoms with Crippen molar-refractivity contribution in [1.29, 1.82) is 0 Å². The molecule has 0 aliphatic heterocycles. The first-order valence-electron chi connectivity index (χ1n) is 7.08. The quantitative estimate of drug-likeness (QED) is 0.818. The predicted molar refractivity (Wildman–Crippen MR) is 84.7 cm³/mol. The molecule has 1 aromatic carbocycles. The van der Waals surface area contributed by atoms with Gasteiger partial charge in [0.2, 0.25) is 0 Å². The molecule has 0 spiro atoms. The van der Waals surface area contributed by atoms with Gasteiger partial charge in [-0.25, -0.2) is 0 Å². The van der Waals surface area contributed by atoms with Crippen molar-refractivity contribution in [2.24, 2.45) is 5.92 Å². The zero-order valence-electron chi connectivity index (χ0n) is 12.8. The summed E-state index contributed by atoms with van der Waals surface area (Å²) in [6.45, 7) is 10.9. The summed E-state index contributed by atoms with van der Waals surface area (Å²) in [6.07, 6.45) is 0. The predicted octanol–water partition coefficient (Wildman–Crippen LogP) is 3.79. The Morgan fingerprint density at radius 2 is 1.68 bits per heavy atom. The second-order valence-electron chi connectivity index (χ2n) is 5.92. The fourth-order valence-corrected chi connectivity index (χ4v) is 2.38. The molecule has 108 valence electrons. The van der Waals surface area contributed by atoms with Crippen molar-refractivity contribution < 1.29 is 0 Å². The summed E-state index contributed by atoms with van der Waals surface area (Å²) < 4.78 is 0. The topological polar surface area (TPSA) is 15.3 Å². The average Bonchev–Trinajstić information content (AvgIpc) is 2.31. The zero-order valence-corrected chi connectivity index (χ0v) is 13.5. The third kappa shape index (κ3) is 5.94. The summed E-state index contributed by atoms with van der Waals surface area (Å²) in [5.74, 6) is 0.628. The van der Waals surface area contributed by atoms with E-state index in [9.17, 15) is 0 Å². The second-order valence-corrected chi connectivity index (χ2v) is 6.35. The Morgan fingerprint density at radius 1 is 1.11 bits per heavy atom. The van der Waals surface area contributed by atoms with E-state index in [1.165, 1.54) is 5.56 Å². The van der Waals surface area contributed by atoms with Gasteiger partial charge in [0.25, 0.3) is 0 Å². The maximum Gasteiger partial charge on any atom is 0.0406 e. The van der Waals surface area contributed by atoms with Gasteiger partial charge in [-0.1, -0.05) is 51.4 Å². The van der Waals surface area contributed by atoms with Crippen LogP contribution in [0.4, 0.5) is 0 Å². The van der Waals surface area contributed by atoms with Gasteiger partial charge in [0.05, 0.1) is 0 Å². The van der Waals surface area contributed by atoms with Crippen LogP contribution in [0.2, 0.25) is 5.02 Å². The van der Waals surface area contributed by atoms with Gasteiger partial charge in [-0.2, -0.15) is 0 Å². The number of hydrogen-bond acceptors (Lipinski definition) is 2. The molecule has 3 heteroatoms. The van der Waals surface area contributed by atoms with Gasteiger partial charge < -0.3 is 5.32 Å². The number of benzene rings is 1. The second kappa shape index (κ2) is 7.88. The maximum absolute atomic E-state index is 5.92. The lowest BCUT2D eigenvalue weighted by Crippen LogP contribution is -2.44. The summed E-state index contributed by atoms with van der Waals surface area (Å²) in [4.78, 5) is 2.42. The summed E-state index contributed by atoms with van der Waals surface area (Å²) in [5, 5.41) is 4.34. The SMILES string of the molecule is CC(C)NCC(C(C)C)N(C)Cc1ccc(Cl)cc1. The van der Waals surface area contributed by atoms with Crippen molar-refractivity contribution in [3.05, 3.63) is 34.9 Å². The Bertz CT molecular complexity index is 360. The van der Waals surface area contributed by atoms with E-state index in [4.69, 9.17) is 11.6 Å². The Labute approximate surface area is 123 Å². The van der Waals surface area contributed by atoms with Crippen LogP contribution >= 0.6 is 11.6 Å². The highest BCUT2D eigenvalue weighted by Crippen LogP contribution is 2.15. The van der Waals surface area contributed by atoms with Gasteiger partial charge in [-0.15, -0.1) is 0 Å². The lowest BCUT2D eigenvalue weighted by Gasteiger charge is -2.32. The summed E-state index contributed by atoms with van der Waals surface area (Å²) in [5.41, 5.74) is 1.31. The van der Waals surface area contributed by atoms with Crippen molar-refractivity contribution >= 4 is 11.6 Å². The summed E-state index contributed by atoms with van der Waals surface area (Å²) in [7, 11) is 2.20. The van der Waals surface area contributed by atoms with Crippen LogP contribution in [0.3, 0.4) is 0 Å². The molecule has 0 amide bonds. The molecule has 0 bridgehead atoms. The minimum Gasteiger partial charge on any atom is -0.313 e. The monoisotopic (exact) mass is 282 g/mol. The van der Waals surface area contributed by atoms with Gasteiger partial charge in [0.1, 0.15) is 0 Å². The van der Waals surface area contributed by atoms with Crippen molar-refractivity contribution in [1.82, 2.24) is 10.2 Å². The molecule has 0 radical (unpaired) electrons. The molecular weight excluding hydrogens is 256 g/mol. The van der Waals surface area contributed by atoms with Crippen LogP contribution in [0.5, 0.6) is 0 Å². The highest BCUT2D eigenvalue weighted by molar-refractivity contribution is 6.30. The first-order valence-corrected chi connectivity index (χ1v) is 7.46. The molecule has 1 atom stereocenters. The molecule has 0 fully saturated rings. The van der Waals surface area contributed by atoms with Crippen LogP contribution in [0.1, 0.15) is 33.3 Å². The van der Waals surface area contributed by atoms with E-state index in [0.29, 0.717) is 18.0 Å². The molecule has 0 aliphatic rings. The van der Waals surface area contributed by atoms with E-state index in [1.807, 2.05) is 12.1 Å². The van der Waals surface area contributed by atoms with Gasteiger partial charge in [0.15, 0.2) is 0 Å². The fourth-order valence-electron chi connectivity index (χ4n) is 2.25. The molecular formula is C16H27ClN2. The van der Waals surface area contributed by atoms with Crippen LogP contribution in [0.15, 0.2) is 24.3 Å². The minimum absolute atomic E-state index is 0.533. The van der Waals surface area contributed by atoms with Gasteiger partial charge in [-0.05, 0) is 30.7 Å². The average molecular weight is 283 g/mol. The number of likely N-dealkylation sites (N-methyl/N-ethyl adjacent to an activating group) is 1. The highest BCUT2D eigenvalue weighted by atomic mass is 35.5. The van der Waals surface area contributed by atoms with E-state index in [1.54, 1.807) is 0 Å². The fraction of sp³-hybridized carbons (Fsp3) is 0.625. The van der Waals surface area contributed by atoms with Crippen LogP contribution in [0.25, 0.3) is 0 Å². The number of hydrogen-bond donors (Lipinski definition) is 1. The molecule has 1 rings (SSSR count). The first kappa shape index (κ1) is 16.5. The number of rotatable bonds is 7. The van der Waals surface area contributed by atoms with Crippen molar-refractivity contribution in [2.45, 2.75) is 46.3 Å². The lowest BCUT2D eigenvalue weighted by molar-refractivity contribution is 0.177. The van der Waals surface area contributed by atoms with Gasteiger partial charge in [0, 0.05) is 30.2 Å². The zero-order chi connectivity index (χ0) is 14.4. The van der Waals surface area contributed by atoms with Crippen molar-refractivity contribution in [3.8, 4) is 0 Å².